The molecule has 0 aromatic carbocycles. The monoisotopic (exact) mass is 732 g/mol. The second-order valence-corrected chi connectivity index (χ2v) is 52.3. The molecular formula is C18H36Se6. The summed E-state index contributed by atoms with van der Waals surface area (Å²) in [5, 5.41) is 3.26. The zero-order chi connectivity index (χ0) is 17.0. The van der Waals surface area contributed by atoms with Crippen molar-refractivity contribution in [3.05, 3.63) is 0 Å². The zero-order valence-electron chi connectivity index (χ0n) is 15.2. The van der Waals surface area contributed by atoms with Crippen LogP contribution >= 0.6 is 0 Å². The topological polar surface area (TPSA) is 0 Å². The maximum atomic E-state index is 1.63. The van der Waals surface area contributed by atoms with Crippen LogP contribution in [0.2, 0.25) is 10.6 Å². The first-order chi connectivity index (χ1) is 12.0. The molecule has 0 spiro atoms. The normalized spacial score (nSPS) is 24.0. The van der Waals surface area contributed by atoms with Gasteiger partial charge in [-0.3, -0.25) is 0 Å². The van der Waals surface area contributed by atoms with Gasteiger partial charge in [-0.15, -0.1) is 0 Å². The Balaban J connectivity index is 2.00. The van der Waals surface area contributed by atoms with Gasteiger partial charge in [-0.25, -0.2) is 0 Å². The fourth-order valence-electron chi connectivity index (χ4n) is 2.93. The number of hydrogen-bond donors (Lipinski definition) is 0. The molecule has 0 aliphatic carbocycles. The Morgan fingerprint density at radius 3 is 0.792 bits per heavy atom. The summed E-state index contributed by atoms with van der Waals surface area (Å²) in [5.74, 6) is 0. The summed E-state index contributed by atoms with van der Waals surface area (Å²) in [7, 11) is 0. The average molecular weight is 726 g/mol. The van der Waals surface area contributed by atoms with Crippen LogP contribution in [0.15, 0.2) is 0 Å². The van der Waals surface area contributed by atoms with Gasteiger partial charge in [0.2, 0.25) is 0 Å². The maximum absolute atomic E-state index is 1.63. The Morgan fingerprint density at radius 1 is 0.250 bits per heavy atom. The Hall–Kier alpha value is 3.12. The van der Waals surface area contributed by atoms with E-state index >= 15 is 0 Å². The molecule has 0 unspecified atom stereocenters. The summed E-state index contributed by atoms with van der Waals surface area (Å²) < 4.78 is 0. The first-order valence-electron chi connectivity index (χ1n) is 9.91. The van der Waals surface area contributed by atoms with Crippen LogP contribution in [0.3, 0.4) is 0 Å². The van der Waals surface area contributed by atoms with Gasteiger partial charge in [0.15, 0.2) is 0 Å². The minimum absolute atomic E-state index is 1.09. The van der Waals surface area contributed by atoms with Crippen LogP contribution in [0.4, 0.5) is 0 Å². The fraction of sp³-hybridized carbons (Fsp3) is 1.00. The van der Waals surface area contributed by atoms with Gasteiger partial charge in [-0.05, 0) is 0 Å². The molecule has 0 N–H and O–H groups in total. The SMILES string of the molecule is C1CCCCCCCCC[Se][Se][Se][Se][Se][Se]CCCCCCCC1. The number of rotatable bonds is 0. The second kappa shape index (κ2) is 22.4. The molecule has 1 heterocycles. The summed E-state index contributed by atoms with van der Waals surface area (Å²) in [6.45, 7) is 0. The Bertz CT molecular complexity index is 130. The molecule has 0 bridgehead atoms. The molecule has 0 aromatic heterocycles. The first-order valence-corrected chi connectivity index (χ1v) is 34.0. The van der Waals surface area contributed by atoms with Crippen LogP contribution in [0.5, 0.6) is 0 Å². The zero-order valence-corrected chi connectivity index (χ0v) is 25.5. The van der Waals surface area contributed by atoms with Crippen LogP contribution in [-0.2, 0) is 0 Å². The summed E-state index contributed by atoms with van der Waals surface area (Å²) in [6, 6.07) is 0. The van der Waals surface area contributed by atoms with Crippen LogP contribution in [0.25, 0.3) is 0 Å². The standard InChI is InChI=1S/C18H36Se6/c1-2-4-6-8-10-12-14-16-18-20-22-24-23-21-19-17-15-13-11-9-7-5-3-1/h1-18H2. The van der Waals surface area contributed by atoms with Crippen molar-refractivity contribution in [2.24, 2.45) is 0 Å². The summed E-state index contributed by atoms with van der Waals surface area (Å²) in [6.07, 6.45) is 24.5. The van der Waals surface area contributed by atoms with E-state index in [9.17, 15) is 0 Å². The van der Waals surface area contributed by atoms with E-state index in [1.54, 1.807) is 36.3 Å². The van der Waals surface area contributed by atoms with Crippen LogP contribution in [0.1, 0.15) is 103 Å². The van der Waals surface area contributed by atoms with Crippen molar-refractivity contribution in [2.45, 2.75) is 113 Å². The van der Waals surface area contributed by atoms with Crippen LogP contribution in [-0.4, -0.2) is 71.5 Å². The summed E-state index contributed by atoms with van der Waals surface area (Å²) in [4.78, 5) is 0. The van der Waals surface area contributed by atoms with E-state index in [-0.39, 0.29) is 0 Å². The van der Waals surface area contributed by atoms with E-state index in [2.05, 4.69) is 0 Å². The van der Waals surface area contributed by atoms with Crippen molar-refractivity contribution in [3.63, 3.8) is 0 Å². The molecule has 1 rings (SSSR count). The molecule has 1 saturated heterocycles. The van der Waals surface area contributed by atoms with Crippen molar-refractivity contribution in [3.8, 4) is 0 Å². The third-order valence-corrected chi connectivity index (χ3v) is 84.0. The fourth-order valence-corrected chi connectivity index (χ4v) is 131. The third kappa shape index (κ3) is 19.9. The molecule has 6 heteroatoms. The van der Waals surface area contributed by atoms with Gasteiger partial charge in [-0.1, -0.05) is 0 Å². The molecule has 24 heavy (non-hydrogen) atoms. The number of hydrogen-bond acceptors (Lipinski definition) is 0. The Morgan fingerprint density at radius 2 is 0.500 bits per heavy atom. The van der Waals surface area contributed by atoms with Gasteiger partial charge in [0, 0.05) is 0 Å². The molecule has 144 valence electrons. The van der Waals surface area contributed by atoms with E-state index in [0.29, 0.717) is 0 Å². The molecule has 1 aliphatic rings. The minimum atomic E-state index is 1.09. The van der Waals surface area contributed by atoms with E-state index in [4.69, 9.17) is 0 Å². The molecule has 0 nitrogen and oxygen atoms in total. The van der Waals surface area contributed by atoms with Gasteiger partial charge in [0.25, 0.3) is 0 Å². The van der Waals surface area contributed by atoms with Crippen molar-refractivity contribution < 1.29 is 0 Å². The van der Waals surface area contributed by atoms with Gasteiger partial charge in [0.05, 0.1) is 0 Å². The van der Waals surface area contributed by atoms with E-state index in [1.807, 2.05) is 0 Å². The summed E-state index contributed by atoms with van der Waals surface area (Å²) >= 11 is 6.79. The van der Waals surface area contributed by atoms with Gasteiger partial charge in [-0.2, -0.15) is 0 Å². The molecule has 0 atom stereocenters. The van der Waals surface area contributed by atoms with Crippen molar-refractivity contribution in [1.82, 2.24) is 0 Å². The second-order valence-electron chi connectivity index (χ2n) is 6.57. The first kappa shape index (κ1) is 25.2. The van der Waals surface area contributed by atoms with E-state index in [1.165, 1.54) is 77.0 Å². The molecule has 0 saturated carbocycles. The predicted octanol–water partition coefficient (Wildman–Crippen LogP) is 4.88. The van der Waals surface area contributed by atoms with Crippen LogP contribution in [0, 0.1) is 0 Å². The van der Waals surface area contributed by atoms with Gasteiger partial charge < -0.3 is 0 Å². The average Bonchev–Trinajstić information content (AvgIpc) is 2.59. The molecule has 1 aliphatic heterocycles. The van der Waals surface area contributed by atoms with E-state index in [0.717, 1.165) is 71.5 Å². The van der Waals surface area contributed by atoms with E-state index < -0.39 is 0 Å². The molecular weight excluding hydrogens is 690 g/mol. The van der Waals surface area contributed by atoms with Gasteiger partial charge >= 0.3 is 185 Å². The molecule has 0 aromatic rings. The predicted molar refractivity (Wildman–Crippen MR) is 118 cm³/mol. The van der Waals surface area contributed by atoms with Crippen molar-refractivity contribution in [1.29, 1.82) is 0 Å². The van der Waals surface area contributed by atoms with Crippen molar-refractivity contribution >= 4 is 71.5 Å². The summed E-state index contributed by atoms with van der Waals surface area (Å²) in [5.41, 5.74) is 0. The molecule has 1 fully saturated rings. The quantitative estimate of drug-likeness (QED) is 0.313. The van der Waals surface area contributed by atoms with Gasteiger partial charge in [0.1, 0.15) is 0 Å². The molecule has 0 amide bonds. The third-order valence-electron chi connectivity index (χ3n) is 4.38. The Kier molecular flexibility index (Phi) is 23.5. The van der Waals surface area contributed by atoms with Crippen LogP contribution < -0.4 is 0 Å². The molecule has 0 radical (unpaired) electrons. The van der Waals surface area contributed by atoms with Crippen molar-refractivity contribution in [2.75, 3.05) is 0 Å². The Labute approximate surface area is 182 Å².